The van der Waals surface area contributed by atoms with Crippen molar-refractivity contribution in [2.75, 3.05) is 6.26 Å². The molecule has 0 saturated carbocycles. The second-order valence-electron chi connectivity index (χ2n) is 5.48. The molecule has 0 saturated heterocycles. The Balaban J connectivity index is 1.79. The van der Waals surface area contributed by atoms with Gasteiger partial charge in [0.05, 0.1) is 11.2 Å². The molecule has 0 aliphatic carbocycles. The molecule has 0 aliphatic heterocycles. The lowest BCUT2D eigenvalue weighted by atomic mass is 10.1. The maximum absolute atomic E-state index is 8.79. The first-order chi connectivity index (χ1) is 12.3. The highest BCUT2D eigenvalue weighted by molar-refractivity contribution is 8.13. The van der Waals surface area contributed by atoms with E-state index in [2.05, 4.69) is 34.6 Å². The quantitative estimate of drug-likeness (QED) is 0.328. The minimum Gasteiger partial charge on any atom is -0.271 e. The maximum atomic E-state index is 8.79. The third-order valence-electron chi connectivity index (χ3n) is 3.88. The molecule has 124 valence electrons. The largest absolute Gasteiger partial charge is 0.271 e. The lowest BCUT2D eigenvalue weighted by Gasteiger charge is -2.07. The van der Waals surface area contributed by atoms with Gasteiger partial charge in [-0.05, 0) is 42.9 Å². The summed E-state index contributed by atoms with van der Waals surface area (Å²) < 4.78 is 0. The van der Waals surface area contributed by atoms with Gasteiger partial charge in [0.15, 0.2) is 11.4 Å². The van der Waals surface area contributed by atoms with Gasteiger partial charge in [-0.1, -0.05) is 54.2 Å². The van der Waals surface area contributed by atoms with Crippen LogP contribution in [0.3, 0.4) is 0 Å². The fraction of sp³-hybridized carbons (Fsp3) is 0.150. The van der Waals surface area contributed by atoms with Gasteiger partial charge in [0.2, 0.25) is 0 Å². The Labute approximate surface area is 151 Å². The Morgan fingerprint density at radius 1 is 1.08 bits per heavy atom. The number of aromatic nitrogens is 1. The lowest BCUT2D eigenvalue weighted by Crippen LogP contribution is -2.12. The summed E-state index contributed by atoms with van der Waals surface area (Å²) in [4.78, 5) is 9.29. The van der Waals surface area contributed by atoms with E-state index in [0.717, 1.165) is 40.7 Å². The Morgan fingerprint density at radius 2 is 1.88 bits per heavy atom. The number of nitrogens with zero attached hydrogens (tertiary/aromatic N) is 3. The molecule has 1 heterocycles. The van der Waals surface area contributed by atoms with Crippen molar-refractivity contribution in [1.82, 2.24) is 10.3 Å². The van der Waals surface area contributed by atoms with Gasteiger partial charge < -0.3 is 0 Å². The van der Waals surface area contributed by atoms with E-state index in [1.807, 2.05) is 48.8 Å². The van der Waals surface area contributed by atoms with Crippen LogP contribution in [0.5, 0.6) is 0 Å². The normalized spacial score (nSPS) is 11.3. The number of para-hydroxylation sites is 2. The number of aliphatic imine (C=N–C) groups is 1. The minimum absolute atomic E-state index is 0.596. The molecule has 0 atom stereocenters. The van der Waals surface area contributed by atoms with Gasteiger partial charge in [0.1, 0.15) is 0 Å². The van der Waals surface area contributed by atoms with E-state index in [4.69, 9.17) is 10.2 Å². The number of benzene rings is 2. The van der Waals surface area contributed by atoms with Crippen LogP contribution >= 0.6 is 11.8 Å². The Hall–Kier alpha value is -2.84. The van der Waals surface area contributed by atoms with Crippen LogP contribution in [0.25, 0.3) is 10.9 Å². The Bertz CT molecular complexity index is 944. The summed E-state index contributed by atoms with van der Waals surface area (Å²) in [5.41, 5.74) is 4.12. The monoisotopic (exact) mass is 346 g/mol. The molecule has 0 spiro atoms. The molecule has 1 N–H and O–H groups in total. The van der Waals surface area contributed by atoms with Gasteiger partial charge in [-0.15, -0.1) is 0 Å². The second kappa shape index (κ2) is 8.32. The van der Waals surface area contributed by atoms with E-state index in [9.17, 15) is 0 Å². The molecule has 0 radical (unpaired) electrons. The molecule has 3 aromatic rings. The number of nitriles is 1. The average Bonchev–Trinajstić information content (AvgIpc) is 2.66. The predicted octanol–water partition coefficient (Wildman–Crippen LogP) is 4.44. The summed E-state index contributed by atoms with van der Waals surface area (Å²) in [5.74, 6) is 0. The highest BCUT2D eigenvalue weighted by Crippen LogP contribution is 2.22. The molecule has 0 bridgehead atoms. The van der Waals surface area contributed by atoms with Gasteiger partial charge in [-0.2, -0.15) is 5.26 Å². The van der Waals surface area contributed by atoms with E-state index in [1.54, 1.807) is 0 Å². The Morgan fingerprint density at radius 3 is 2.72 bits per heavy atom. The summed E-state index contributed by atoms with van der Waals surface area (Å²) in [6, 6.07) is 20.4. The lowest BCUT2D eigenvalue weighted by molar-refractivity contribution is 0.922. The van der Waals surface area contributed by atoms with Crippen LogP contribution < -0.4 is 5.32 Å². The Kier molecular flexibility index (Phi) is 5.65. The molecule has 0 amide bonds. The fourth-order valence-electron chi connectivity index (χ4n) is 2.62. The summed E-state index contributed by atoms with van der Waals surface area (Å²) in [7, 11) is 0. The topological polar surface area (TPSA) is 61.1 Å². The van der Waals surface area contributed by atoms with Crippen molar-refractivity contribution in [2.24, 2.45) is 4.99 Å². The number of hydrogen-bond acceptors (Lipinski definition) is 4. The van der Waals surface area contributed by atoms with Crippen LogP contribution in [0.1, 0.15) is 11.3 Å². The zero-order valence-electron chi connectivity index (χ0n) is 13.9. The number of fused-ring (bicyclic) bond motifs is 1. The average molecular weight is 346 g/mol. The first-order valence-corrected chi connectivity index (χ1v) is 9.23. The number of hydrogen-bond donors (Lipinski definition) is 1. The zero-order chi connectivity index (χ0) is 17.5. The van der Waals surface area contributed by atoms with Crippen LogP contribution in [0, 0.1) is 11.5 Å². The highest BCUT2D eigenvalue weighted by atomic mass is 32.2. The predicted molar refractivity (Wildman–Crippen MR) is 105 cm³/mol. The van der Waals surface area contributed by atoms with Crippen molar-refractivity contribution in [1.29, 1.82) is 5.26 Å². The summed E-state index contributed by atoms with van der Waals surface area (Å²) in [6.07, 6.45) is 5.51. The van der Waals surface area contributed by atoms with E-state index >= 15 is 0 Å². The van der Waals surface area contributed by atoms with Gasteiger partial charge in [-0.3, -0.25) is 10.3 Å². The SMILES string of the molecule is CSC(=Nc1ccccc1CCc1ccc2ccccc2n1)NC#N. The second-order valence-corrected chi connectivity index (χ2v) is 6.28. The van der Waals surface area contributed by atoms with Crippen molar-refractivity contribution >= 4 is 33.5 Å². The van der Waals surface area contributed by atoms with E-state index in [-0.39, 0.29) is 0 Å². The molecule has 25 heavy (non-hydrogen) atoms. The van der Waals surface area contributed by atoms with Crippen molar-refractivity contribution in [3.63, 3.8) is 0 Å². The molecule has 0 aliphatic rings. The molecule has 0 unspecified atom stereocenters. The van der Waals surface area contributed by atoms with Gasteiger partial charge in [0.25, 0.3) is 0 Å². The third-order valence-corrected chi connectivity index (χ3v) is 4.46. The van der Waals surface area contributed by atoms with Crippen molar-refractivity contribution in [2.45, 2.75) is 12.8 Å². The molecule has 0 fully saturated rings. The summed E-state index contributed by atoms with van der Waals surface area (Å²) >= 11 is 1.42. The molecule has 2 aromatic carbocycles. The van der Waals surface area contributed by atoms with Gasteiger partial charge in [-0.25, -0.2) is 4.99 Å². The molecule has 1 aromatic heterocycles. The summed E-state index contributed by atoms with van der Waals surface area (Å²) in [5, 5.41) is 13.2. The molecule has 4 nitrogen and oxygen atoms in total. The standard InChI is InChI=1S/C20H18N4S/c1-25-20(22-14-21)24-19-9-5-3-7-16(19)11-13-17-12-10-15-6-2-4-8-18(15)23-17/h2-10,12H,11,13H2,1H3,(H,22,24). The summed E-state index contributed by atoms with van der Waals surface area (Å²) in [6.45, 7) is 0. The van der Waals surface area contributed by atoms with Crippen LogP contribution in [0.4, 0.5) is 5.69 Å². The van der Waals surface area contributed by atoms with Gasteiger partial charge >= 0.3 is 0 Å². The van der Waals surface area contributed by atoms with Crippen molar-refractivity contribution < 1.29 is 0 Å². The van der Waals surface area contributed by atoms with Gasteiger partial charge in [0, 0.05) is 11.1 Å². The van der Waals surface area contributed by atoms with E-state index < -0.39 is 0 Å². The zero-order valence-corrected chi connectivity index (χ0v) is 14.8. The minimum atomic E-state index is 0.596. The van der Waals surface area contributed by atoms with Crippen molar-refractivity contribution in [3.05, 3.63) is 71.9 Å². The molecular formula is C20H18N4S. The number of thioether (sulfide) groups is 1. The highest BCUT2D eigenvalue weighted by Gasteiger charge is 2.05. The van der Waals surface area contributed by atoms with E-state index in [0.29, 0.717) is 5.17 Å². The first kappa shape index (κ1) is 17.0. The molecule has 5 heteroatoms. The third kappa shape index (κ3) is 4.37. The van der Waals surface area contributed by atoms with E-state index in [1.165, 1.54) is 11.8 Å². The molecule has 3 rings (SSSR count). The van der Waals surface area contributed by atoms with Crippen LogP contribution in [-0.2, 0) is 12.8 Å². The number of aryl methyl sites for hydroxylation is 2. The fourth-order valence-corrected chi connectivity index (χ4v) is 2.96. The van der Waals surface area contributed by atoms with Crippen molar-refractivity contribution in [3.8, 4) is 6.19 Å². The number of amidine groups is 1. The molecular weight excluding hydrogens is 328 g/mol. The van der Waals surface area contributed by atoms with Crippen LogP contribution in [0.15, 0.2) is 65.7 Å². The smallest absolute Gasteiger partial charge is 0.183 e. The van der Waals surface area contributed by atoms with Crippen LogP contribution in [0.2, 0.25) is 0 Å². The number of pyridine rings is 1. The number of nitrogens with one attached hydrogen (secondary N) is 1. The number of rotatable bonds is 4. The van der Waals surface area contributed by atoms with Crippen LogP contribution in [-0.4, -0.2) is 16.4 Å². The maximum Gasteiger partial charge on any atom is 0.183 e. The first-order valence-electron chi connectivity index (χ1n) is 8.00.